The molecule has 1 heterocycles. The van der Waals surface area contributed by atoms with Gasteiger partial charge in [-0.15, -0.1) is 6.58 Å². The maximum atomic E-state index is 12.8. The van der Waals surface area contributed by atoms with Crippen molar-refractivity contribution in [2.24, 2.45) is 4.99 Å². The fourth-order valence-corrected chi connectivity index (χ4v) is 3.28. The van der Waals surface area contributed by atoms with Gasteiger partial charge in [0.2, 0.25) is 0 Å². The number of ether oxygens (including phenoxy) is 1. The lowest BCUT2D eigenvalue weighted by molar-refractivity contribution is -0.120. The number of amides is 1. The number of aromatic nitrogens is 1. The highest BCUT2D eigenvalue weighted by Gasteiger charge is 2.07. The number of hydrogen-bond acceptors (Lipinski definition) is 3. The summed E-state index contributed by atoms with van der Waals surface area (Å²) in [7, 11) is 0. The van der Waals surface area contributed by atoms with E-state index < -0.39 is 5.91 Å². The van der Waals surface area contributed by atoms with Gasteiger partial charge in [-0.25, -0.2) is 4.39 Å². The van der Waals surface area contributed by atoms with Crippen molar-refractivity contribution in [2.75, 3.05) is 6.61 Å². The first-order valence-corrected chi connectivity index (χ1v) is 8.14. The first kappa shape index (κ1) is 16.1. The van der Waals surface area contributed by atoms with Gasteiger partial charge >= 0.3 is 0 Å². The summed E-state index contributed by atoms with van der Waals surface area (Å²) >= 11 is 1.44. The summed E-state index contributed by atoms with van der Waals surface area (Å²) in [6.45, 7) is 4.11. The van der Waals surface area contributed by atoms with E-state index in [1.54, 1.807) is 6.08 Å². The summed E-state index contributed by atoms with van der Waals surface area (Å²) in [5, 5.41) is 0. The van der Waals surface area contributed by atoms with Gasteiger partial charge < -0.3 is 9.30 Å². The van der Waals surface area contributed by atoms with Crippen LogP contribution in [0.1, 0.15) is 0 Å². The predicted molar refractivity (Wildman–Crippen MR) is 92.5 cm³/mol. The van der Waals surface area contributed by atoms with Crippen LogP contribution in [0.25, 0.3) is 10.2 Å². The zero-order chi connectivity index (χ0) is 16.9. The Morgan fingerprint density at radius 3 is 2.75 bits per heavy atom. The summed E-state index contributed by atoms with van der Waals surface area (Å²) in [4.78, 5) is 16.8. The highest BCUT2D eigenvalue weighted by molar-refractivity contribution is 7.16. The van der Waals surface area contributed by atoms with Gasteiger partial charge in [-0.05, 0) is 36.4 Å². The maximum Gasteiger partial charge on any atom is 0.286 e. The first-order valence-electron chi connectivity index (χ1n) is 7.32. The Morgan fingerprint density at radius 1 is 1.25 bits per heavy atom. The Labute approximate surface area is 142 Å². The van der Waals surface area contributed by atoms with Crippen LogP contribution in [0, 0.1) is 5.82 Å². The Hall–Kier alpha value is -2.73. The van der Waals surface area contributed by atoms with Gasteiger partial charge in [0.25, 0.3) is 5.91 Å². The van der Waals surface area contributed by atoms with E-state index in [0.717, 1.165) is 10.2 Å². The SMILES string of the molecule is C=CCn1c(=NC(=O)COc2ccc(F)cc2)sc2ccccc21. The third-order valence-corrected chi connectivity index (χ3v) is 4.36. The summed E-state index contributed by atoms with van der Waals surface area (Å²) in [6, 6.07) is 13.4. The van der Waals surface area contributed by atoms with Crippen molar-refractivity contribution in [2.45, 2.75) is 6.54 Å². The average Bonchev–Trinajstić information content (AvgIpc) is 2.92. The average molecular weight is 342 g/mol. The molecule has 0 aliphatic carbocycles. The molecule has 2 aromatic carbocycles. The molecule has 0 saturated carbocycles. The molecule has 3 aromatic rings. The van der Waals surface area contributed by atoms with Crippen molar-refractivity contribution in [1.29, 1.82) is 0 Å². The highest BCUT2D eigenvalue weighted by Crippen LogP contribution is 2.16. The maximum absolute atomic E-state index is 12.8. The number of para-hydroxylation sites is 1. The van der Waals surface area contributed by atoms with E-state index in [2.05, 4.69) is 11.6 Å². The van der Waals surface area contributed by atoms with Crippen molar-refractivity contribution in [3.05, 3.63) is 71.8 Å². The normalized spacial score (nSPS) is 11.6. The van der Waals surface area contributed by atoms with Crippen LogP contribution in [0.15, 0.2) is 66.2 Å². The van der Waals surface area contributed by atoms with Gasteiger partial charge in [0, 0.05) is 6.54 Å². The largest absolute Gasteiger partial charge is 0.484 e. The van der Waals surface area contributed by atoms with Gasteiger partial charge in [-0.3, -0.25) is 4.79 Å². The minimum absolute atomic E-state index is 0.200. The summed E-state index contributed by atoms with van der Waals surface area (Å²) in [6.07, 6.45) is 1.76. The number of thiazole rings is 1. The van der Waals surface area contributed by atoms with Gasteiger partial charge in [0.1, 0.15) is 11.6 Å². The molecule has 0 aliphatic rings. The van der Waals surface area contributed by atoms with Crippen LogP contribution >= 0.6 is 11.3 Å². The number of halogens is 1. The Bertz CT molecular complexity index is 942. The number of hydrogen-bond donors (Lipinski definition) is 0. The second-order valence-electron chi connectivity index (χ2n) is 5.00. The van der Waals surface area contributed by atoms with E-state index in [1.165, 1.54) is 35.6 Å². The minimum Gasteiger partial charge on any atom is -0.484 e. The van der Waals surface area contributed by atoms with E-state index in [1.807, 2.05) is 28.8 Å². The van der Waals surface area contributed by atoms with Crippen LogP contribution in [-0.4, -0.2) is 17.1 Å². The zero-order valence-electron chi connectivity index (χ0n) is 12.8. The van der Waals surface area contributed by atoms with Gasteiger partial charge in [0.15, 0.2) is 11.4 Å². The minimum atomic E-state index is -0.399. The van der Waals surface area contributed by atoms with Crippen LogP contribution in [0.2, 0.25) is 0 Å². The fourth-order valence-electron chi connectivity index (χ4n) is 2.23. The topological polar surface area (TPSA) is 43.6 Å². The number of nitrogens with zero attached hydrogens (tertiary/aromatic N) is 2. The third-order valence-electron chi connectivity index (χ3n) is 3.30. The Balaban J connectivity index is 1.83. The number of benzene rings is 2. The number of allylic oxidation sites excluding steroid dienone is 1. The lowest BCUT2D eigenvalue weighted by atomic mass is 10.3. The van der Waals surface area contributed by atoms with Crippen molar-refractivity contribution in [1.82, 2.24) is 4.57 Å². The van der Waals surface area contributed by atoms with Crippen LogP contribution in [0.5, 0.6) is 5.75 Å². The van der Waals surface area contributed by atoms with Gasteiger partial charge in [-0.2, -0.15) is 4.99 Å². The molecule has 3 rings (SSSR count). The van der Waals surface area contributed by atoms with Crippen molar-refractivity contribution < 1.29 is 13.9 Å². The molecular formula is C18H15FN2O2S. The second-order valence-corrected chi connectivity index (χ2v) is 6.01. The summed E-state index contributed by atoms with van der Waals surface area (Å²) < 4.78 is 21.2. The van der Waals surface area contributed by atoms with E-state index in [0.29, 0.717) is 17.1 Å². The van der Waals surface area contributed by atoms with Gasteiger partial charge in [-0.1, -0.05) is 29.5 Å². The zero-order valence-corrected chi connectivity index (χ0v) is 13.6. The molecule has 0 fully saturated rings. The molecule has 0 N–H and O–H groups in total. The molecular weight excluding hydrogens is 327 g/mol. The number of carbonyl (C=O) groups is 1. The highest BCUT2D eigenvalue weighted by atomic mass is 32.1. The predicted octanol–water partition coefficient (Wildman–Crippen LogP) is 3.53. The molecule has 6 heteroatoms. The molecule has 0 atom stereocenters. The van der Waals surface area contributed by atoms with Crippen LogP contribution in [0.3, 0.4) is 0 Å². The number of fused-ring (bicyclic) bond motifs is 1. The monoisotopic (exact) mass is 342 g/mol. The first-order chi connectivity index (χ1) is 11.7. The van der Waals surface area contributed by atoms with E-state index >= 15 is 0 Å². The third kappa shape index (κ3) is 3.60. The molecule has 0 saturated heterocycles. The van der Waals surface area contributed by atoms with E-state index in [4.69, 9.17) is 4.74 Å². The molecule has 0 radical (unpaired) electrons. The fraction of sp³-hybridized carbons (Fsp3) is 0.111. The Kier molecular flexibility index (Phi) is 4.86. The van der Waals surface area contributed by atoms with Crippen LogP contribution < -0.4 is 9.54 Å². The summed E-state index contributed by atoms with van der Waals surface area (Å²) in [5.41, 5.74) is 1.01. The molecule has 1 amide bonds. The number of rotatable bonds is 5. The van der Waals surface area contributed by atoms with Gasteiger partial charge in [0.05, 0.1) is 10.2 Å². The Morgan fingerprint density at radius 2 is 2.00 bits per heavy atom. The molecule has 0 aliphatic heterocycles. The van der Waals surface area contributed by atoms with Crippen molar-refractivity contribution >= 4 is 27.5 Å². The standard InChI is InChI=1S/C18H15FN2O2S/c1-2-11-21-15-5-3-4-6-16(15)24-18(21)20-17(22)12-23-14-9-7-13(19)8-10-14/h2-10H,1,11-12H2. The smallest absolute Gasteiger partial charge is 0.286 e. The van der Waals surface area contributed by atoms with Crippen LogP contribution in [-0.2, 0) is 11.3 Å². The molecule has 24 heavy (non-hydrogen) atoms. The summed E-state index contributed by atoms with van der Waals surface area (Å²) in [5.74, 6) is -0.326. The molecule has 1 aromatic heterocycles. The van der Waals surface area contributed by atoms with Crippen LogP contribution in [0.4, 0.5) is 4.39 Å². The number of carbonyl (C=O) groups excluding carboxylic acids is 1. The van der Waals surface area contributed by atoms with Crippen molar-refractivity contribution in [3.63, 3.8) is 0 Å². The molecule has 0 bridgehead atoms. The van der Waals surface area contributed by atoms with Crippen molar-refractivity contribution in [3.8, 4) is 5.75 Å². The lowest BCUT2D eigenvalue weighted by Crippen LogP contribution is -2.19. The molecule has 0 unspecified atom stereocenters. The quantitative estimate of drug-likeness (QED) is 0.666. The van der Waals surface area contributed by atoms with E-state index in [-0.39, 0.29) is 12.4 Å². The van der Waals surface area contributed by atoms with E-state index in [9.17, 15) is 9.18 Å². The second kappa shape index (κ2) is 7.23. The lowest BCUT2D eigenvalue weighted by Gasteiger charge is -2.03. The molecule has 122 valence electrons. The molecule has 4 nitrogen and oxygen atoms in total. The molecule has 0 spiro atoms.